The maximum absolute atomic E-state index is 10.5. The molecule has 130 valence electrons. The summed E-state index contributed by atoms with van der Waals surface area (Å²) in [6, 6.07) is 4.02. The SMILES string of the molecule is CCNC(=NCC(C)(O)c1ccco1)NC1CCC(SCC)C1. The molecule has 2 rings (SSSR count). The van der Waals surface area contributed by atoms with E-state index in [0.29, 0.717) is 11.8 Å². The summed E-state index contributed by atoms with van der Waals surface area (Å²) in [7, 11) is 0. The Morgan fingerprint density at radius 2 is 2.30 bits per heavy atom. The van der Waals surface area contributed by atoms with Crippen molar-refractivity contribution in [1.29, 1.82) is 0 Å². The Balaban J connectivity index is 1.92. The molecule has 1 aliphatic rings. The van der Waals surface area contributed by atoms with Crippen LogP contribution >= 0.6 is 11.8 Å². The third-order valence-corrected chi connectivity index (χ3v) is 5.30. The highest BCUT2D eigenvalue weighted by molar-refractivity contribution is 7.99. The third kappa shape index (κ3) is 5.46. The van der Waals surface area contributed by atoms with Gasteiger partial charge < -0.3 is 20.2 Å². The fourth-order valence-electron chi connectivity index (χ4n) is 2.87. The highest BCUT2D eigenvalue weighted by Gasteiger charge is 2.27. The summed E-state index contributed by atoms with van der Waals surface area (Å²) in [5.74, 6) is 2.49. The second-order valence-corrected chi connectivity index (χ2v) is 7.76. The Morgan fingerprint density at radius 1 is 1.48 bits per heavy atom. The minimum atomic E-state index is -1.10. The summed E-state index contributed by atoms with van der Waals surface area (Å²) in [5, 5.41) is 18.0. The molecule has 23 heavy (non-hydrogen) atoms. The molecule has 3 atom stereocenters. The second-order valence-electron chi connectivity index (χ2n) is 6.18. The van der Waals surface area contributed by atoms with Gasteiger partial charge in [-0.2, -0.15) is 11.8 Å². The lowest BCUT2D eigenvalue weighted by Gasteiger charge is -2.21. The third-order valence-electron chi connectivity index (χ3n) is 4.07. The number of thioether (sulfide) groups is 1. The summed E-state index contributed by atoms with van der Waals surface area (Å²) in [6.07, 6.45) is 5.19. The number of nitrogens with zero attached hydrogens (tertiary/aromatic N) is 1. The molecular formula is C17H29N3O2S. The van der Waals surface area contributed by atoms with Gasteiger partial charge in [0, 0.05) is 17.8 Å². The van der Waals surface area contributed by atoms with Crippen molar-refractivity contribution in [2.75, 3.05) is 18.8 Å². The fourth-order valence-corrected chi connectivity index (χ4v) is 4.01. The van der Waals surface area contributed by atoms with E-state index in [0.717, 1.165) is 17.8 Å². The number of hydrogen-bond donors (Lipinski definition) is 3. The predicted octanol–water partition coefficient (Wildman–Crippen LogP) is 2.72. The number of aliphatic hydroxyl groups is 1. The van der Waals surface area contributed by atoms with Crippen molar-refractivity contribution in [1.82, 2.24) is 10.6 Å². The van der Waals surface area contributed by atoms with E-state index in [1.807, 2.05) is 18.7 Å². The topological polar surface area (TPSA) is 69.8 Å². The van der Waals surface area contributed by atoms with Crippen molar-refractivity contribution in [3.8, 4) is 0 Å². The Labute approximate surface area is 143 Å². The van der Waals surface area contributed by atoms with E-state index in [4.69, 9.17) is 4.42 Å². The van der Waals surface area contributed by atoms with Crippen LogP contribution in [0.2, 0.25) is 0 Å². The molecule has 5 nitrogen and oxygen atoms in total. The Kier molecular flexibility index (Phi) is 6.84. The van der Waals surface area contributed by atoms with Crippen molar-refractivity contribution in [2.24, 2.45) is 4.99 Å². The molecule has 0 saturated heterocycles. The number of furan rings is 1. The molecule has 0 bridgehead atoms. The molecule has 3 unspecified atom stereocenters. The van der Waals surface area contributed by atoms with Crippen LogP contribution in [-0.4, -0.2) is 41.2 Å². The molecule has 0 amide bonds. The second kappa shape index (κ2) is 8.64. The zero-order valence-electron chi connectivity index (χ0n) is 14.3. The first-order valence-electron chi connectivity index (χ1n) is 8.48. The molecule has 1 aliphatic carbocycles. The van der Waals surface area contributed by atoms with Crippen LogP contribution in [0.5, 0.6) is 0 Å². The number of rotatable bonds is 7. The molecule has 3 N–H and O–H groups in total. The predicted molar refractivity (Wildman–Crippen MR) is 97.0 cm³/mol. The van der Waals surface area contributed by atoms with Gasteiger partial charge in [-0.3, -0.25) is 0 Å². The minimum Gasteiger partial charge on any atom is -0.466 e. The van der Waals surface area contributed by atoms with Crippen LogP contribution < -0.4 is 10.6 Å². The Hall–Kier alpha value is -1.14. The summed E-state index contributed by atoms with van der Waals surface area (Å²) < 4.78 is 5.30. The van der Waals surface area contributed by atoms with Crippen LogP contribution in [0.1, 0.15) is 45.8 Å². The van der Waals surface area contributed by atoms with Gasteiger partial charge in [-0.15, -0.1) is 0 Å². The van der Waals surface area contributed by atoms with Crippen molar-refractivity contribution in [3.63, 3.8) is 0 Å². The molecule has 0 aromatic carbocycles. The molecule has 1 aromatic rings. The molecule has 1 fully saturated rings. The summed E-state index contributed by atoms with van der Waals surface area (Å²) >= 11 is 2.05. The van der Waals surface area contributed by atoms with Crippen LogP contribution in [0.25, 0.3) is 0 Å². The van der Waals surface area contributed by atoms with E-state index in [2.05, 4.69) is 22.5 Å². The van der Waals surface area contributed by atoms with Crippen LogP contribution in [0.3, 0.4) is 0 Å². The van der Waals surface area contributed by atoms with Crippen LogP contribution in [-0.2, 0) is 5.60 Å². The van der Waals surface area contributed by atoms with Crippen LogP contribution in [0, 0.1) is 0 Å². The lowest BCUT2D eigenvalue weighted by molar-refractivity contribution is 0.0436. The van der Waals surface area contributed by atoms with Gasteiger partial charge in [0.2, 0.25) is 0 Å². The molecule has 0 radical (unpaired) electrons. The van der Waals surface area contributed by atoms with Crippen LogP contribution in [0.4, 0.5) is 0 Å². The van der Waals surface area contributed by atoms with E-state index >= 15 is 0 Å². The lowest BCUT2D eigenvalue weighted by Crippen LogP contribution is -2.43. The first kappa shape index (κ1) is 18.2. The van der Waals surface area contributed by atoms with Crippen molar-refractivity contribution in [3.05, 3.63) is 24.2 Å². The standard InChI is InChI=1S/C17H29N3O2S/c1-4-18-16(20-13-8-9-14(11-13)23-5-2)19-12-17(3,21)15-7-6-10-22-15/h6-7,10,13-14,21H,4-5,8-9,11-12H2,1-3H3,(H2,18,19,20). The first-order chi connectivity index (χ1) is 11.0. The molecule has 1 heterocycles. The zero-order chi connectivity index (χ0) is 16.7. The molecule has 6 heteroatoms. The largest absolute Gasteiger partial charge is 0.466 e. The average Bonchev–Trinajstić information content (AvgIpc) is 3.17. The van der Waals surface area contributed by atoms with Gasteiger partial charge in [-0.25, -0.2) is 4.99 Å². The van der Waals surface area contributed by atoms with Gasteiger partial charge in [0.05, 0.1) is 12.8 Å². The van der Waals surface area contributed by atoms with Gasteiger partial charge in [0.1, 0.15) is 11.4 Å². The van der Waals surface area contributed by atoms with Gasteiger partial charge in [0.25, 0.3) is 0 Å². The monoisotopic (exact) mass is 339 g/mol. The Bertz CT molecular complexity index is 488. The van der Waals surface area contributed by atoms with Crippen LogP contribution in [0.15, 0.2) is 27.8 Å². The maximum Gasteiger partial charge on any atom is 0.191 e. The Morgan fingerprint density at radius 3 is 2.96 bits per heavy atom. The van der Waals surface area contributed by atoms with E-state index in [1.54, 1.807) is 25.3 Å². The molecule has 1 aromatic heterocycles. The number of aliphatic imine (C=N–C) groups is 1. The van der Waals surface area contributed by atoms with E-state index in [-0.39, 0.29) is 6.54 Å². The van der Waals surface area contributed by atoms with Gasteiger partial charge in [-0.1, -0.05) is 6.92 Å². The fraction of sp³-hybridized carbons (Fsp3) is 0.706. The zero-order valence-corrected chi connectivity index (χ0v) is 15.2. The quantitative estimate of drug-likeness (QED) is 0.526. The smallest absolute Gasteiger partial charge is 0.191 e. The maximum atomic E-state index is 10.5. The van der Waals surface area contributed by atoms with E-state index in [1.165, 1.54) is 25.0 Å². The number of guanidine groups is 1. The van der Waals surface area contributed by atoms with Crippen molar-refractivity contribution in [2.45, 2.75) is 56.9 Å². The van der Waals surface area contributed by atoms with E-state index in [9.17, 15) is 5.11 Å². The number of hydrogen-bond acceptors (Lipinski definition) is 4. The summed E-state index contributed by atoms with van der Waals surface area (Å²) in [5.41, 5.74) is -1.10. The summed E-state index contributed by atoms with van der Waals surface area (Å²) in [6.45, 7) is 7.05. The van der Waals surface area contributed by atoms with Gasteiger partial charge >= 0.3 is 0 Å². The van der Waals surface area contributed by atoms with Gasteiger partial charge in [0.15, 0.2) is 5.96 Å². The first-order valence-corrected chi connectivity index (χ1v) is 9.52. The minimum absolute atomic E-state index is 0.260. The normalized spacial score (nSPS) is 24.4. The average molecular weight is 340 g/mol. The molecular weight excluding hydrogens is 310 g/mol. The van der Waals surface area contributed by atoms with Crippen molar-refractivity contribution < 1.29 is 9.52 Å². The van der Waals surface area contributed by atoms with E-state index < -0.39 is 5.60 Å². The highest BCUT2D eigenvalue weighted by atomic mass is 32.2. The number of nitrogens with one attached hydrogen (secondary N) is 2. The lowest BCUT2D eigenvalue weighted by atomic mass is 10.0. The van der Waals surface area contributed by atoms with Gasteiger partial charge in [-0.05, 0) is 51.0 Å². The summed E-state index contributed by atoms with van der Waals surface area (Å²) in [4.78, 5) is 4.55. The molecule has 0 spiro atoms. The molecule has 0 aliphatic heterocycles. The highest BCUT2D eigenvalue weighted by Crippen LogP contribution is 2.29. The van der Waals surface area contributed by atoms with Crippen molar-refractivity contribution >= 4 is 17.7 Å². The molecule has 1 saturated carbocycles.